The molecule has 0 aromatic heterocycles. The Morgan fingerprint density at radius 3 is 1.80 bits per heavy atom. The van der Waals surface area contributed by atoms with Crippen LogP contribution in [0.3, 0.4) is 0 Å². The van der Waals surface area contributed by atoms with Crippen LogP contribution in [-0.2, 0) is 14.3 Å². The molecule has 2 N–H and O–H groups in total. The van der Waals surface area contributed by atoms with Crippen LogP contribution in [0.4, 0.5) is 0 Å². The first kappa shape index (κ1) is 27.6. The van der Waals surface area contributed by atoms with Gasteiger partial charge in [0.2, 0.25) is 0 Å². The summed E-state index contributed by atoms with van der Waals surface area (Å²) in [5.74, 6) is -0.394. The van der Waals surface area contributed by atoms with Crippen LogP contribution in [0.5, 0.6) is 0 Å². The minimum Gasteiger partial charge on any atom is -0.466 e. The minimum atomic E-state index is -0.394. The summed E-state index contributed by atoms with van der Waals surface area (Å²) >= 11 is 2.28. The predicted octanol–water partition coefficient (Wildman–Crippen LogP) is 4.35. The number of ether oxygens (including phenoxy) is 1. The number of methoxy groups -OCH3 is 1. The van der Waals surface area contributed by atoms with Crippen molar-refractivity contribution in [3.8, 4) is 0 Å². The third-order valence-electron chi connectivity index (χ3n) is 2.27. The number of esters is 1. The molecule has 5 heteroatoms. The van der Waals surface area contributed by atoms with E-state index in [-0.39, 0.29) is 12.9 Å². The zero-order valence-corrected chi connectivity index (χ0v) is 15.6. The first-order valence-electron chi connectivity index (χ1n) is 6.71. The maximum absolute atomic E-state index is 9.89. The molecule has 136 valence electrons. The van der Waals surface area contributed by atoms with Crippen molar-refractivity contribution in [3.63, 3.8) is 0 Å². The Morgan fingerprint density at radius 1 is 1.04 bits per heavy atom. The lowest BCUT2D eigenvalue weighted by Crippen LogP contribution is -1.91. The fraction of sp³-hybridized carbons (Fsp3) is 0.100. The maximum atomic E-state index is 9.89. The van der Waals surface area contributed by atoms with Crippen molar-refractivity contribution in [2.75, 3.05) is 7.11 Å². The number of benzene rings is 2. The molecule has 0 saturated heterocycles. The SMILES string of the molecule is C.C=CC(=O)OC.Ic1ccccc1.O.O=C/C=C/c1ccccc1. The standard InChI is InChI=1S/C9H8O.C6H5I.C4H6O2.CH4.H2O/c10-8-4-7-9-5-2-1-3-6-9;7-6-4-2-1-3-5-6;1-3-4(5)6-2;;/h1-8H;1-5H;3H,1H2,2H3;1H4;1H2/b7-4+;;;;. The summed E-state index contributed by atoms with van der Waals surface area (Å²) < 4.78 is 5.43. The molecule has 0 fully saturated rings. The number of carbonyl (C=O) groups excluding carboxylic acids is 2. The summed E-state index contributed by atoms with van der Waals surface area (Å²) in [6, 6.07) is 19.9. The molecule has 0 unspecified atom stereocenters. The first-order chi connectivity index (χ1) is 11.1. The molecule has 2 aromatic carbocycles. The van der Waals surface area contributed by atoms with Crippen molar-refractivity contribution in [2.24, 2.45) is 0 Å². The van der Waals surface area contributed by atoms with Crippen LogP contribution >= 0.6 is 22.6 Å². The quantitative estimate of drug-likeness (QED) is 0.298. The van der Waals surface area contributed by atoms with Crippen molar-refractivity contribution < 1.29 is 19.8 Å². The Morgan fingerprint density at radius 2 is 1.52 bits per heavy atom. The highest BCUT2D eigenvalue weighted by Gasteiger charge is 1.82. The summed E-state index contributed by atoms with van der Waals surface area (Å²) in [4.78, 5) is 19.7. The number of rotatable bonds is 3. The van der Waals surface area contributed by atoms with Gasteiger partial charge in [-0.25, -0.2) is 4.79 Å². The molecule has 2 rings (SSSR count). The van der Waals surface area contributed by atoms with Gasteiger partial charge in [-0.1, -0.05) is 68.6 Å². The number of allylic oxidation sites excluding steroid dienone is 1. The lowest BCUT2D eigenvalue weighted by Gasteiger charge is -1.86. The van der Waals surface area contributed by atoms with E-state index in [1.807, 2.05) is 48.5 Å². The first-order valence-corrected chi connectivity index (χ1v) is 7.79. The lowest BCUT2D eigenvalue weighted by atomic mass is 10.2. The molecule has 0 radical (unpaired) electrons. The van der Waals surface area contributed by atoms with Gasteiger partial charge in [-0.3, -0.25) is 4.79 Å². The largest absolute Gasteiger partial charge is 0.466 e. The Bertz CT molecular complexity index is 596. The third-order valence-corrected chi connectivity index (χ3v) is 2.99. The van der Waals surface area contributed by atoms with Gasteiger partial charge in [0.15, 0.2) is 0 Å². The maximum Gasteiger partial charge on any atom is 0.329 e. The van der Waals surface area contributed by atoms with Crippen LogP contribution in [0.2, 0.25) is 0 Å². The van der Waals surface area contributed by atoms with Gasteiger partial charge in [0.1, 0.15) is 6.29 Å². The van der Waals surface area contributed by atoms with Gasteiger partial charge in [0.05, 0.1) is 7.11 Å². The van der Waals surface area contributed by atoms with Gasteiger partial charge in [-0.15, -0.1) is 0 Å². The summed E-state index contributed by atoms with van der Waals surface area (Å²) in [5, 5.41) is 0. The van der Waals surface area contributed by atoms with E-state index in [9.17, 15) is 9.59 Å². The topological polar surface area (TPSA) is 74.9 Å². The molecular formula is C20H25IO4. The second-order valence-corrected chi connectivity index (χ2v) is 5.17. The highest BCUT2D eigenvalue weighted by molar-refractivity contribution is 14.1. The second-order valence-electron chi connectivity index (χ2n) is 3.93. The van der Waals surface area contributed by atoms with Crippen molar-refractivity contribution in [3.05, 3.63) is 88.5 Å². The van der Waals surface area contributed by atoms with Crippen LogP contribution in [0, 0.1) is 3.57 Å². The summed E-state index contributed by atoms with van der Waals surface area (Å²) in [6.07, 6.45) is 5.13. The Balaban J connectivity index is -0.000000290. The van der Waals surface area contributed by atoms with Crippen molar-refractivity contribution in [1.82, 2.24) is 0 Å². The average Bonchev–Trinajstić information content (AvgIpc) is 2.62. The fourth-order valence-corrected chi connectivity index (χ4v) is 1.63. The molecule has 25 heavy (non-hydrogen) atoms. The van der Waals surface area contributed by atoms with Crippen LogP contribution in [0.15, 0.2) is 79.4 Å². The monoisotopic (exact) mass is 456 g/mol. The number of halogens is 1. The molecule has 0 amide bonds. The molecule has 0 aliphatic heterocycles. The molecule has 0 atom stereocenters. The summed E-state index contributed by atoms with van der Waals surface area (Å²) in [5.41, 5.74) is 1.05. The summed E-state index contributed by atoms with van der Waals surface area (Å²) in [6.45, 7) is 3.16. The molecule has 0 aliphatic carbocycles. The number of hydrogen-bond donors (Lipinski definition) is 0. The Labute approximate surface area is 163 Å². The van der Waals surface area contributed by atoms with E-state index in [1.165, 1.54) is 16.8 Å². The summed E-state index contributed by atoms with van der Waals surface area (Å²) in [7, 11) is 1.31. The smallest absolute Gasteiger partial charge is 0.329 e. The highest BCUT2D eigenvalue weighted by Crippen LogP contribution is 2.00. The van der Waals surface area contributed by atoms with E-state index in [0.717, 1.165) is 17.9 Å². The predicted molar refractivity (Wildman–Crippen MR) is 113 cm³/mol. The van der Waals surface area contributed by atoms with Crippen LogP contribution < -0.4 is 0 Å². The van der Waals surface area contributed by atoms with E-state index < -0.39 is 5.97 Å². The van der Waals surface area contributed by atoms with E-state index in [2.05, 4.69) is 46.0 Å². The van der Waals surface area contributed by atoms with Crippen LogP contribution in [-0.4, -0.2) is 24.8 Å². The third kappa shape index (κ3) is 17.9. The van der Waals surface area contributed by atoms with Gasteiger partial charge in [-0.05, 0) is 46.4 Å². The zero-order valence-electron chi connectivity index (χ0n) is 13.4. The van der Waals surface area contributed by atoms with Gasteiger partial charge >= 0.3 is 5.97 Å². The van der Waals surface area contributed by atoms with Gasteiger partial charge in [0, 0.05) is 9.65 Å². The van der Waals surface area contributed by atoms with Crippen molar-refractivity contribution >= 4 is 40.9 Å². The molecule has 0 spiro atoms. The number of aldehydes is 1. The molecular weight excluding hydrogens is 431 g/mol. The molecule has 0 saturated carbocycles. The average molecular weight is 456 g/mol. The van der Waals surface area contributed by atoms with E-state index >= 15 is 0 Å². The zero-order chi connectivity index (χ0) is 17.3. The van der Waals surface area contributed by atoms with E-state index in [0.29, 0.717) is 0 Å². The van der Waals surface area contributed by atoms with Gasteiger partial charge in [0.25, 0.3) is 0 Å². The Hall–Kier alpha value is -2.25. The Kier molecular flexibility index (Phi) is 21.8. The van der Waals surface area contributed by atoms with Gasteiger partial charge < -0.3 is 10.2 Å². The van der Waals surface area contributed by atoms with Crippen molar-refractivity contribution in [2.45, 2.75) is 7.43 Å². The number of hydrogen-bond acceptors (Lipinski definition) is 3. The molecule has 0 heterocycles. The highest BCUT2D eigenvalue weighted by atomic mass is 127. The van der Waals surface area contributed by atoms with Crippen LogP contribution in [0.1, 0.15) is 13.0 Å². The molecule has 2 aromatic rings. The molecule has 4 nitrogen and oxygen atoms in total. The fourth-order valence-electron chi connectivity index (χ4n) is 1.21. The second kappa shape index (κ2) is 19.8. The van der Waals surface area contributed by atoms with Crippen LogP contribution in [0.25, 0.3) is 6.08 Å². The van der Waals surface area contributed by atoms with Gasteiger partial charge in [-0.2, -0.15) is 0 Å². The molecule has 0 bridgehead atoms. The minimum absolute atomic E-state index is 0. The number of carbonyl (C=O) groups is 2. The van der Waals surface area contributed by atoms with E-state index in [1.54, 1.807) is 6.08 Å². The normalized spacial score (nSPS) is 8.08. The molecule has 0 aliphatic rings. The lowest BCUT2D eigenvalue weighted by molar-refractivity contribution is -0.134. The van der Waals surface area contributed by atoms with Crippen molar-refractivity contribution in [1.29, 1.82) is 0 Å². The van der Waals surface area contributed by atoms with E-state index in [4.69, 9.17) is 0 Å².